The second kappa shape index (κ2) is 5.02. The number of anilines is 1. The molecule has 106 valence electrons. The lowest BCUT2D eigenvalue weighted by molar-refractivity contribution is 0.0949. The SMILES string of the molecule is NNC(=O)c1nnn(-c2nonc2N)c1-c1ccccc1. The molecule has 2 heterocycles. The molecule has 21 heavy (non-hydrogen) atoms. The van der Waals surface area contributed by atoms with E-state index in [-0.39, 0.29) is 17.3 Å². The average Bonchev–Trinajstić information content (AvgIpc) is 3.13. The Morgan fingerprint density at radius 1 is 1.24 bits per heavy atom. The van der Waals surface area contributed by atoms with Gasteiger partial charge in [-0.2, -0.15) is 4.68 Å². The van der Waals surface area contributed by atoms with Gasteiger partial charge in [0.25, 0.3) is 5.91 Å². The van der Waals surface area contributed by atoms with Crippen molar-refractivity contribution in [2.45, 2.75) is 0 Å². The summed E-state index contributed by atoms with van der Waals surface area (Å²) < 4.78 is 5.82. The third-order valence-electron chi connectivity index (χ3n) is 2.76. The first-order chi connectivity index (χ1) is 10.2. The van der Waals surface area contributed by atoms with Gasteiger partial charge in [0, 0.05) is 5.56 Å². The minimum atomic E-state index is -0.588. The largest absolute Gasteiger partial charge is 0.378 e. The highest BCUT2D eigenvalue weighted by molar-refractivity contribution is 5.98. The van der Waals surface area contributed by atoms with E-state index in [1.807, 2.05) is 11.5 Å². The zero-order chi connectivity index (χ0) is 14.8. The van der Waals surface area contributed by atoms with Crippen LogP contribution in [0.15, 0.2) is 35.0 Å². The summed E-state index contributed by atoms with van der Waals surface area (Å²) in [5.74, 6) is 4.73. The van der Waals surface area contributed by atoms with Crippen molar-refractivity contribution >= 4 is 11.7 Å². The summed E-state index contributed by atoms with van der Waals surface area (Å²) in [6, 6.07) is 9.02. The molecule has 0 unspecified atom stereocenters. The maximum absolute atomic E-state index is 11.8. The third kappa shape index (κ3) is 2.08. The number of nitrogens with zero attached hydrogens (tertiary/aromatic N) is 5. The lowest BCUT2D eigenvalue weighted by Gasteiger charge is -2.05. The van der Waals surface area contributed by atoms with Gasteiger partial charge in [0.1, 0.15) is 5.69 Å². The lowest BCUT2D eigenvalue weighted by Crippen LogP contribution is -2.30. The van der Waals surface area contributed by atoms with E-state index in [0.29, 0.717) is 11.3 Å². The van der Waals surface area contributed by atoms with Gasteiger partial charge < -0.3 is 5.73 Å². The van der Waals surface area contributed by atoms with E-state index in [9.17, 15) is 4.79 Å². The van der Waals surface area contributed by atoms with Crippen molar-refractivity contribution in [2.24, 2.45) is 5.84 Å². The number of carbonyl (C=O) groups excluding carboxylic acids is 1. The van der Waals surface area contributed by atoms with E-state index in [1.165, 1.54) is 4.68 Å². The molecule has 0 saturated carbocycles. The van der Waals surface area contributed by atoms with Crippen LogP contribution in [0.5, 0.6) is 0 Å². The summed E-state index contributed by atoms with van der Waals surface area (Å²) in [5.41, 5.74) is 8.77. The fraction of sp³-hybridized carbons (Fsp3) is 0. The van der Waals surface area contributed by atoms with E-state index in [4.69, 9.17) is 11.6 Å². The van der Waals surface area contributed by atoms with Gasteiger partial charge in [0.05, 0.1) is 0 Å². The van der Waals surface area contributed by atoms with Crippen LogP contribution in [0.3, 0.4) is 0 Å². The minimum Gasteiger partial charge on any atom is -0.378 e. The minimum absolute atomic E-state index is 0.0248. The number of carbonyl (C=O) groups is 1. The molecule has 0 atom stereocenters. The Balaban J connectivity index is 2.25. The molecule has 0 bridgehead atoms. The van der Waals surface area contributed by atoms with Gasteiger partial charge in [-0.05, 0) is 10.3 Å². The Labute approximate surface area is 117 Å². The molecule has 0 saturated heterocycles. The van der Waals surface area contributed by atoms with Crippen LogP contribution in [0.1, 0.15) is 10.5 Å². The molecule has 3 aromatic rings. The first-order valence-corrected chi connectivity index (χ1v) is 5.83. The molecular formula is C11H10N8O2. The molecule has 0 radical (unpaired) electrons. The predicted octanol–water partition coefficient (Wildman–Crippen LogP) is -0.497. The predicted molar refractivity (Wildman–Crippen MR) is 70.7 cm³/mol. The second-order valence-corrected chi connectivity index (χ2v) is 4.01. The van der Waals surface area contributed by atoms with Crippen molar-refractivity contribution in [3.8, 4) is 17.1 Å². The Morgan fingerprint density at radius 2 is 2.00 bits per heavy atom. The van der Waals surface area contributed by atoms with Gasteiger partial charge in [-0.3, -0.25) is 10.2 Å². The molecule has 0 aliphatic rings. The van der Waals surface area contributed by atoms with Crippen molar-refractivity contribution < 1.29 is 9.42 Å². The number of hydrazine groups is 1. The van der Waals surface area contributed by atoms with E-state index >= 15 is 0 Å². The summed E-state index contributed by atoms with van der Waals surface area (Å²) in [7, 11) is 0. The number of benzene rings is 1. The maximum Gasteiger partial charge on any atom is 0.288 e. The molecule has 3 rings (SSSR count). The van der Waals surface area contributed by atoms with Crippen LogP contribution in [0, 0.1) is 0 Å². The van der Waals surface area contributed by atoms with Crippen LogP contribution >= 0.6 is 0 Å². The fourth-order valence-electron chi connectivity index (χ4n) is 1.84. The number of hydrogen-bond acceptors (Lipinski definition) is 8. The first-order valence-electron chi connectivity index (χ1n) is 5.83. The monoisotopic (exact) mass is 286 g/mol. The highest BCUT2D eigenvalue weighted by Crippen LogP contribution is 2.25. The fourth-order valence-corrected chi connectivity index (χ4v) is 1.84. The molecule has 0 spiro atoms. The summed E-state index contributed by atoms with van der Waals surface area (Å²) in [6.07, 6.45) is 0. The van der Waals surface area contributed by atoms with Crippen molar-refractivity contribution in [2.75, 3.05) is 5.73 Å². The van der Waals surface area contributed by atoms with E-state index < -0.39 is 5.91 Å². The molecular weight excluding hydrogens is 276 g/mol. The third-order valence-corrected chi connectivity index (χ3v) is 2.76. The number of nitrogen functional groups attached to an aromatic ring is 2. The van der Waals surface area contributed by atoms with E-state index in [0.717, 1.165) is 0 Å². The van der Waals surface area contributed by atoms with Gasteiger partial charge >= 0.3 is 0 Å². The lowest BCUT2D eigenvalue weighted by atomic mass is 10.1. The number of hydrogen-bond donors (Lipinski definition) is 3. The van der Waals surface area contributed by atoms with Gasteiger partial charge in [0.2, 0.25) is 11.6 Å². The Kier molecular flexibility index (Phi) is 3.04. The topological polar surface area (TPSA) is 151 Å². The molecule has 2 aromatic heterocycles. The van der Waals surface area contributed by atoms with Crippen molar-refractivity contribution in [3.63, 3.8) is 0 Å². The molecule has 0 aliphatic carbocycles. The maximum atomic E-state index is 11.8. The van der Waals surface area contributed by atoms with Gasteiger partial charge in [-0.25, -0.2) is 10.5 Å². The molecule has 1 aromatic carbocycles. The molecule has 0 aliphatic heterocycles. The Hall–Kier alpha value is -3.27. The van der Waals surface area contributed by atoms with Gasteiger partial charge in [0.15, 0.2) is 5.69 Å². The molecule has 0 fully saturated rings. The van der Waals surface area contributed by atoms with E-state index in [2.05, 4.69) is 25.3 Å². The zero-order valence-electron chi connectivity index (χ0n) is 10.6. The van der Waals surface area contributed by atoms with Crippen LogP contribution in [-0.4, -0.2) is 31.2 Å². The van der Waals surface area contributed by atoms with E-state index in [1.54, 1.807) is 24.3 Å². The van der Waals surface area contributed by atoms with Crippen molar-refractivity contribution in [3.05, 3.63) is 36.0 Å². The normalized spacial score (nSPS) is 10.5. The Bertz CT molecular complexity index is 779. The highest BCUT2D eigenvalue weighted by atomic mass is 16.6. The second-order valence-electron chi connectivity index (χ2n) is 4.01. The molecule has 5 N–H and O–H groups in total. The smallest absolute Gasteiger partial charge is 0.288 e. The Morgan fingerprint density at radius 3 is 2.62 bits per heavy atom. The molecule has 10 nitrogen and oxygen atoms in total. The number of nitrogens with two attached hydrogens (primary N) is 2. The van der Waals surface area contributed by atoms with Crippen LogP contribution in [0.4, 0.5) is 5.82 Å². The quantitative estimate of drug-likeness (QED) is 0.331. The highest BCUT2D eigenvalue weighted by Gasteiger charge is 2.24. The van der Waals surface area contributed by atoms with Gasteiger partial charge in [-0.1, -0.05) is 35.5 Å². The number of nitrogens with one attached hydrogen (secondary N) is 1. The van der Waals surface area contributed by atoms with Gasteiger partial charge in [-0.15, -0.1) is 5.10 Å². The van der Waals surface area contributed by atoms with Crippen LogP contribution in [-0.2, 0) is 0 Å². The summed E-state index contributed by atoms with van der Waals surface area (Å²) in [5, 5.41) is 14.8. The number of aromatic nitrogens is 5. The molecule has 10 heteroatoms. The summed E-state index contributed by atoms with van der Waals surface area (Å²) in [6.45, 7) is 0. The van der Waals surface area contributed by atoms with Crippen LogP contribution < -0.4 is 17.0 Å². The standard InChI is InChI=1S/C11H10N8O2/c12-9-10(17-21-16-9)19-8(6-4-2-1-3-5-6)7(15-18-19)11(20)14-13/h1-5H,13H2,(H2,12,16)(H,14,20). The zero-order valence-corrected chi connectivity index (χ0v) is 10.6. The number of amides is 1. The average molecular weight is 286 g/mol. The summed E-state index contributed by atoms with van der Waals surface area (Å²) >= 11 is 0. The van der Waals surface area contributed by atoms with Crippen LogP contribution in [0.2, 0.25) is 0 Å². The number of rotatable bonds is 3. The first kappa shape index (κ1) is 12.7. The van der Waals surface area contributed by atoms with Crippen molar-refractivity contribution in [1.82, 2.24) is 30.7 Å². The molecule has 1 amide bonds. The van der Waals surface area contributed by atoms with Crippen LogP contribution in [0.25, 0.3) is 17.1 Å². The summed E-state index contributed by atoms with van der Waals surface area (Å²) in [4.78, 5) is 11.8. The van der Waals surface area contributed by atoms with Crippen molar-refractivity contribution in [1.29, 1.82) is 0 Å².